The minimum atomic E-state index is -0.363. The molecule has 3 rings (SSSR count). The Labute approximate surface area is 132 Å². The van der Waals surface area contributed by atoms with E-state index in [1.165, 1.54) is 6.26 Å². The molecule has 0 aliphatic rings. The molecule has 0 saturated heterocycles. The second-order valence-electron chi connectivity index (χ2n) is 4.65. The highest BCUT2D eigenvalue weighted by Gasteiger charge is 2.09. The minimum Gasteiger partial charge on any atom is -0.459 e. The minimum absolute atomic E-state index is 0.219. The van der Waals surface area contributed by atoms with E-state index in [0.717, 1.165) is 0 Å². The van der Waals surface area contributed by atoms with Crippen molar-refractivity contribution in [3.8, 4) is 6.07 Å². The summed E-state index contributed by atoms with van der Waals surface area (Å²) in [6.45, 7) is 0. The van der Waals surface area contributed by atoms with E-state index in [9.17, 15) is 4.79 Å². The summed E-state index contributed by atoms with van der Waals surface area (Å²) in [5.41, 5.74) is 1.95. The van der Waals surface area contributed by atoms with E-state index >= 15 is 0 Å². The number of nitriles is 1. The molecule has 23 heavy (non-hydrogen) atoms. The SMILES string of the molecule is N#Cc1ccccc1Nc1ccc(NC(=O)c2ccco2)nc1. The predicted octanol–water partition coefficient (Wildman–Crippen LogP) is 3.54. The van der Waals surface area contributed by atoms with Crippen LogP contribution in [0.2, 0.25) is 0 Å². The van der Waals surface area contributed by atoms with E-state index in [-0.39, 0.29) is 11.7 Å². The van der Waals surface area contributed by atoms with Crippen LogP contribution in [0.15, 0.2) is 65.4 Å². The topological polar surface area (TPSA) is 91.0 Å². The Morgan fingerprint density at radius 1 is 1.13 bits per heavy atom. The lowest BCUT2D eigenvalue weighted by Crippen LogP contribution is -2.11. The molecule has 112 valence electrons. The third-order valence-electron chi connectivity index (χ3n) is 3.08. The number of hydrogen-bond acceptors (Lipinski definition) is 5. The summed E-state index contributed by atoms with van der Waals surface area (Å²) in [6, 6.07) is 15.9. The molecular weight excluding hydrogens is 292 g/mol. The van der Waals surface area contributed by atoms with Gasteiger partial charge in [0.25, 0.3) is 5.91 Å². The average Bonchev–Trinajstić information content (AvgIpc) is 3.12. The van der Waals surface area contributed by atoms with Gasteiger partial charge in [-0.05, 0) is 36.4 Å². The van der Waals surface area contributed by atoms with Crippen molar-refractivity contribution in [3.05, 3.63) is 72.3 Å². The molecule has 0 aliphatic carbocycles. The first-order valence-electron chi connectivity index (χ1n) is 6.83. The van der Waals surface area contributed by atoms with Crippen molar-refractivity contribution >= 4 is 23.1 Å². The normalized spacial score (nSPS) is 9.87. The summed E-state index contributed by atoms with van der Waals surface area (Å²) in [5, 5.41) is 14.8. The Bertz CT molecular complexity index is 849. The highest BCUT2D eigenvalue weighted by molar-refractivity contribution is 6.01. The summed E-state index contributed by atoms with van der Waals surface area (Å²) in [4.78, 5) is 16.0. The van der Waals surface area contributed by atoms with Crippen LogP contribution in [0.1, 0.15) is 16.1 Å². The lowest BCUT2D eigenvalue weighted by atomic mass is 10.2. The maximum Gasteiger partial charge on any atom is 0.292 e. The largest absolute Gasteiger partial charge is 0.459 e. The average molecular weight is 304 g/mol. The first-order chi connectivity index (χ1) is 11.3. The van der Waals surface area contributed by atoms with Crippen molar-refractivity contribution in [2.24, 2.45) is 0 Å². The van der Waals surface area contributed by atoms with E-state index < -0.39 is 0 Å². The molecule has 2 heterocycles. The summed E-state index contributed by atoms with van der Waals surface area (Å²) in [6.07, 6.45) is 3.01. The zero-order valence-corrected chi connectivity index (χ0v) is 12.0. The summed E-state index contributed by atoms with van der Waals surface area (Å²) in [7, 11) is 0. The molecule has 1 amide bonds. The van der Waals surface area contributed by atoms with Gasteiger partial charge in [0, 0.05) is 0 Å². The number of aromatic nitrogens is 1. The molecule has 0 saturated carbocycles. The van der Waals surface area contributed by atoms with Crippen LogP contribution >= 0.6 is 0 Å². The molecule has 1 aromatic carbocycles. The molecule has 6 nitrogen and oxygen atoms in total. The zero-order chi connectivity index (χ0) is 16.1. The number of furan rings is 1. The monoisotopic (exact) mass is 304 g/mol. The smallest absolute Gasteiger partial charge is 0.292 e. The Morgan fingerprint density at radius 2 is 2.00 bits per heavy atom. The van der Waals surface area contributed by atoms with E-state index in [1.54, 1.807) is 42.6 Å². The molecule has 0 aliphatic heterocycles. The summed E-state index contributed by atoms with van der Waals surface area (Å²) >= 11 is 0. The number of carbonyl (C=O) groups excluding carboxylic acids is 1. The number of carbonyl (C=O) groups is 1. The van der Waals surface area contributed by atoms with Gasteiger partial charge in [0.1, 0.15) is 11.9 Å². The summed E-state index contributed by atoms with van der Waals surface area (Å²) < 4.78 is 5.01. The molecule has 0 spiro atoms. The molecule has 6 heteroatoms. The number of nitrogens with one attached hydrogen (secondary N) is 2. The molecule has 2 N–H and O–H groups in total. The number of hydrogen-bond donors (Lipinski definition) is 2. The second-order valence-corrected chi connectivity index (χ2v) is 4.65. The van der Waals surface area contributed by atoms with Crippen LogP contribution in [-0.4, -0.2) is 10.9 Å². The van der Waals surface area contributed by atoms with Gasteiger partial charge in [-0.15, -0.1) is 0 Å². The number of anilines is 3. The molecule has 0 fully saturated rings. The first-order valence-corrected chi connectivity index (χ1v) is 6.83. The van der Waals surface area contributed by atoms with Gasteiger partial charge >= 0.3 is 0 Å². The number of nitrogens with zero attached hydrogens (tertiary/aromatic N) is 2. The van der Waals surface area contributed by atoms with Crippen molar-refractivity contribution in [3.63, 3.8) is 0 Å². The summed E-state index contributed by atoms with van der Waals surface area (Å²) in [5.74, 6) is 0.264. The van der Waals surface area contributed by atoms with Crippen molar-refractivity contribution < 1.29 is 9.21 Å². The van der Waals surface area contributed by atoms with Crippen molar-refractivity contribution in [2.75, 3.05) is 10.6 Å². The molecule has 0 unspecified atom stereocenters. The molecule has 0 atom stereocenters. The van der Waals surface area contributed by atoms with E-state index in [4.69, 9.17) is 9.68 Å². The van der Waals surface area contributed by atoms with Crippen LogP contribution in [0.3, 0.4) is 0 Å². The standard InChI is InChI=1S/C17H12N4O2/c18-10-12-4-1-2-5-14(12)20-13-7-8-16(19-11-13)21-17(22)15-6-3-9-23-15/h1-9,11,20H,(H,19,21,22). The quantitative estimate of drug-likeness (QED) is 0.769. The van der Waals surface area contributed by atoms with Gasteiger partial charge in [-0.2, -0.15) is 5.26 Å². The number of pyridine rings is 1. The lowest BCUT2D eigenvalue weighted by Gasteiger charge is -2.08. The highest BCUT2D eigenvalue weighted by Crippen LogP contribution is 2.20. The Morgan fingerprint density at radius 3 is 2.70 bits per heavy atom. The molecule has 0 radical (unpaired) electrons. The van der Waals surface area contributed by atoms with Gasteiger partial charge in [-0.25, -0.2) is 4.98 Å². The van der Waals surface area contributed by atoms with Crippen molar-refractivity contribution in [1.29, 1.82) is 5.26 Å². The van der Waals surface area contributed by atoms with Crippen LogP contribution in [0.4, 0.5) is 17.2 Å². The number of para-hydroxylation sites is 1. The zero-order valence-electron chi connectivity index (χ0n) is 12.0. The van der Waals surface area contributed by atoms with E-state index in [0.29, 0.717) is 22.8 Å². The van der Waals surface area contributed by atoms with Gasteiger partial charge in [-0.3, -0.25) is 4.79 Å². The predicted molar refractivity (Wildman–Crippen MR) is 85.3 cm³/mol. The highest BCUT2D eigenvalue weighted by atomic mass is 16.3. The maximum absolute atomic E-state index is 11.8. The Hall–Kier alpha value is -3.59. The van der Waals surface area contributed by atoms with Crippen LogP contribution in [0.25, 0.3) is 0 Å². The van der Waals surface area contributed by atoms with Gasteiger partial charge < -0.3 is 15.1 Å². The van der Waals surface area contributed by atoms with Crippen LogP contribution < -0.4 is 10.6 Å². The third-order valence-corrected chi connectivity index (χ3v) is 3.08. The van der Waals surface area contributed by atoms with Crippen LogP contribution in [0, 0.1) is 11.3 Å². The van der Waals surface area contributed by atoms with Crippen LogP contribution in [0.5, 0.6) is 0 Å². The lowest BCUT2D eigenvalue weighted by molar-refractivity contribution is 0.0996. The fourth-order valence-corrected chi connectivity index (χ4v) is 1.97. The number of rotatable bonds is 4. The van der Waals surface area contributed by atoms with Gasteiger partial charge in [-0.1, -0.05) is 12.1 Å². The Balaban J connectivity index is 1.70. The Kier molecular flexibility index (Phi) is 4.03. The van der Waals surface area contributed by atoms with Crippen LogP contribution in [-0.2, 0) is 0 Å². The fraction of sp³-hybridized carbons (Fsp3) is 0. The molecule has 0 bridgehead atoms. The van der Waals surface area contributed by atoms with Gasteiger partial charge in [0.15, 0.2) is 5.76 Å². The molecule has 3 aromatic rings. The third kappa shape index (κ3) is 3.36. The van der Waals surface area contributed by atoms with E-state index in [2.05, 4.69) is 21.7 Å². The number of benzene rings is 1. The number of amides is 1. The first kappa shape index (κ1) is 14.4. The second kappa shape index (κ2) is 6.45. The van der Waals surface area contributed by atoms with Gasteiger partial charge in [0.05, 0.1) is 29.4 Å². The van der Waals surface area contributed by atoms with Crippen molar-refractivity contribution in [2.45, 2.75) is 0 Å². The van der Waals surface area contributed by atoms with Gasteiger partial charge in [0.2, 0.25) is 0 Å². The fourth-order valence-electron chi connectivity index (χ4n) is 1.97. The molecular formula is C17H12N4O2. The maximum atomic E-state index is 11.8. The molecule has 2 aromatic heterocycles. The van der Waals surface area contributed by atoms with Crippen molar-refractivity contribution in [1.82, 2.24) is 4.98 Å². The van der Waals surface area contributed by atoms with E-state index in [1.807, 2.05) is 12.1 Å².